The second kappa shape index (κ2) is 6.26. The fraction of sp³-hybridized carbons (Fsp3) is 0.438. The maximum absolute atomic E-state index is 13.3. The third-order valence-electron chi connectivity index (χ3n) is 3.32. The molecule has 0 fully saturated rings. The van der Waals surface area contributed by atoms with Gasteiger partial charge in [0.25, 0.3) is 0 Å². The summed E-state index contributed by atoms with van der Waals surface area (Å²) in [6.45, 7) is 8.55. The van der Waals surface area contributed by atoms with E-state index in [0.717, 1.165) is 11.3 Å². The molecule has 0 saturated heterocycles. The average Bonchev–Trinajstić information content (AvgIpc) is 2.66. The monoisotopic (exact) mass is 291 g/mol. The molecule has 2 aromatic rings. The van der Waals surface area contributed by atoms with Crippen molar-refractivity contribution in [2.45, 2.75) is 40.3 Å². The van der Waals surface area contributed by atoms with Crippen LogP contribution in [0.3, 0.4) is 0 Å². The minimum absolute atomic E-state index is 0.231. The molecule has 1 aromatic carbocycles. The van der Waals surface area contributed by atoms with E-state index in [1.54, 1.807) is 23.7 Å². The van der Waals surface area contributed by atoms with Crippen LogP contribution in [0.25, 0.3) is 0 Å². The second-order valence-corrected chi connectivity index (χ2v) is 5.54. The van der Waals surface area contributed by atoms with E-state index in [4.69, 9.17) is 4.74 Å². The van der Waals surface area contributed by atoms with Crippen LogP contribution in [0.2, 0.25) is 0 Å². The van der Waals surface area contributed by atoms with Gasteiger partial charge in [-0.25, -0.2) is 9.07 Å². The molecule has 4 nitrogen and oxygen atoms in total. The quantitative estimate of drug-likeness (QED) is 0.917. The Labute approximate surface area is 124 Å². The predicted octanol–water partition coefficient (Wildman–Crippen LogP) is 3.47. The van der Waals surface area contributed by atoms with Crippen LogP contribution in [0.15, 0.2) is 18.2 Å². The molecule has 0 atom stereocenters. The fourth-order valence-corrected chi connectivity index (χ4v) is 2.11. The van der Waals surface area contributed by atoms with Crippen LogP contribution in [-0.4, -0.2) is 15.8 Å². The Morgan fingerprint density at radius 3 is 2.67 bits per heavy atom. The number of aromatic nitrogens is 2. The molecule has 0 saturated carbocycles. The molecule has 21 heavy (non-hydrogen) atoms. The van der Waals surface area contributed by atoms with Crippen molar-refractivity contribution in [1.29, 1.82) is 0 Å². The van der Waals surface area contributed by atoms with Crippen LogP contribution in [0.4, 0.5) is 4.39 Å². The van der Waals surface area contributed by atoms with E-state index >= 15 is 0 Å². The summed E-state index contributed by atoms with van der Waals surface area (Å²) >= 11 is 0. The van der Waals surface area contributed by atoms with Gasteiger partial charge in [0.15, 0.2) is 0 Å². The summed E-state index contributed by atoms with van der Waals surface area (Å²) in [5.41, 5.74) is 2.51. The first-order valence-corrected chi connectivity index (χ1v) is 7.08. The minimum Gasteiger partial charge on any atom is -0.439 e. The topological polar surface area (TPSA) is 39.1 Å². The lowest BCUT2D eigenvalue weighted by molar-refractivity contribution is 0.421. The lowest BCUT2D eigenvalue weighted by Gasteiger charge is -2.12. The highest BCUT2D eigenvalue weighted by atomic mass is 19.1. The first-order valence-electron chi connectivity index (χ1n) is 7.08. The Kier molecular flexibility index (Phi) is 4.63. The van der Waals surface area contributed by atoms with Crippen molar-refractivity contribution in [3.63, 3.8) is 0 Å². The normalized spacial score (nSPS) is 11.2. The van der Waals surface area contributed by atoms with Crippen LogP contribution in [0.1, 0.15) is 30.7 Å². The van der Waals surface area contributed by atoms with Crippen molar-refractivity contribution in [2.75, 3.05) is 0 Å². The molecule has 114 valence electrons. The molecule has 0 radical (unpaired) electrons. The summed E-state index contributed by atoms with van der Waals surface area (Å²) in [4.78, 5) is 0. The SMILES string of the molecule is Cc1cc(Oc2c(CNC(C)C)c(C)nn2C)ccc1F. The summed E-state index contributed by atoms with van der Waals surface area (Å²) in [7, 11) is 1.84. The number of halogens is 1. The van der Waals surface area contributed by atoms with Gasteiger partial charge in [-0.05, 0) is 37.6 Å². The van der Waals surface area contributed by atoms with Crippen LogP contribution in [0.5, 0.6) is 11.6 Å². The molecule has 0 spiro atoms. The Balaban J connectivity index is 2.28. The van der Waals surface area contributed by atoms with Gasteiger partial charge in [-0.1, -0.05) is 13.8 Å². The molecule has 0 aliphatic carbocycles. The van der Waals surface area contributed by atoms with E-state index in [1.165, 1.54) is 6.07 Å². The van der Waals surface area contributed by atoms with Crippen molar-refractivity contribution in [3.05, 3.63) is 40.8 Å². The number of benzene rings is 1. The third kappa shape index (κ3) is 3.61. The maximum Gasteiger partial charge on any atom is 0.222 e. The maximum atomic E-state index is 13.3. The second-order valence-electron chi connectivity index (χ2n) is 5.54. The number of hydrogen-bond acceptors (Lipinski definition) is 3. The first-order chi connectivity index (χ1) is 9.88. The Morgan fingerprint density at radius 2 is 2.05 bits per heavy atom. The van der Waals surface area contributed by atoms with Crippen LogP contribution < -0.4 is 10.1 Å². The zero-order chi connectivity index (χ0) is 15.6. The van der Waals surface area contributed by atoms with E-state index < -0.39 is 0 Å². The summed E-state index contributed by atoms with van der Waals surface area (Å²) in [5.74, 6) is 1.07. The smallest absolute Gasteiger partial charge is 0.222 e. The molecule has 0 unspecified atom stereocenters. The lowest BCUT2D eigenvalue weighted by Crippen LogP contribution is -2.22. The first kappa shape index (κ1) is 15.5. The molecular weight excluding hydrogens is 269 g/mol. The number of rotatable bonds is 5. The van der Waals surface area contributed by atoms with Gasteiger partial charge in [0.1, 0.15) is 11.6 Å². The van der Waals surface area contributed by atoms with Gasteiger partial charge in [0, 0.05) is 19.6 Å². The predicted molar refractivity (Wildman–Crippen MR) is 81.1 cm³/mol. The van der Waals surface area contributed by atoms with Gasteiger partial charge in [-0.3, -0.25) is 0 Å². The van der Waals surface area contributed by atoms with E-state index in [0.29, 0.717) is 29.8 Å². The van der Waals surface area contributed by atoms with Gasteiger partial charge in [0.05, 0.1) is 11.3 Å². The van der Waals surface area contributed by atoms with Gasteiger partial charge in [-0.2, -0.15) is 5.10 Å². The molecular formula is C16H22FN3O. The molecule has 1 aromatic heterocycles. The molecule has 0 aliphatic heterocycles. The van der Waals surface area contributed by atoms with E-state index in [-0.39, 0.29) is 5.82 Å². The number of ether oxygens (including phenoxy) is 1. The van der Waals surface area contributed by atoms with Crippen LogP contribution in [-0.2, 0) is 13.6 Å². The van der Waals surface area contributed by atoms with Crippen LogP contribution >= 0.6 is 0 Å². The highest BCUT2D eigenvalue weighted by Crippen LogP contribution is 2.28. The lowest BCUT2D eigenvalue weighted by atomic mass is 10.2. The van der Waals surface area contributed by atoms with E-state index in [2.05, 4.69) is 24.3 Å². The minimum atomic E-state index is -0.231. The summed E-state index contributed by atoms with van der Waals surface area (Å²) in [6, 6.07) is 5.12. The molecule has 0 amide bonds. The summed E-state index contributed by atoms with van der Waals surface area (Å²) in [5, 5.41) is 7.77. The highest BCUT2D eigenvalue weighted by Gasteiger charge is 2.16. The third-order valence-corrected chi connectivity index (χ3v) is 3.32. The molecule has 0 bridgehead atoms. The molecule has 5 heteroatoms. The van der Waals surface area contributed by atoms with Gasteiger partial charge in [-0.15, -0.1) is 0 Å². The van der Waals surface area contributed by atoms with Crippen molar-refractivity contribution in [2.24, 2.45) is 7.05 Å². The van der Waals surface area contributed by atoms with E-state index in [1.807, 2.05) is 14.0 Å². The largest absolute Gasteiger partial charge is 0.439 e. The Hall–Kier alpha value is -1.88. The van der Waals surface area contributed by atoms with Gasteiger partial charge in [0.2, 0.25) is 5.88 Å². The van der Waals surface area contributed by atoms with Crippen molar-refractivity contribution < 1.29 is 9.13 Å². The zero-order valence-corrected chi connectivity index (χ0v) is 13.2. The standard InChI is InChI=1S/C16H22FN3O/c1-10(2)18-9-14-12(4)19-20(5)16(14)21-13-6-7-15(17)11(3)8-13/h6-8,10,18H,9H2,1-5H3. The molecule has 0 aliphatic rings. The molecule has 1 N–H and O–H groups in total. The average molecular weight is 291 g/mol. The van der Waals surface area contributed by atoms with Crippen molar-refractivity contribution in [3.8, 4) is 11.6 Å². The fourth-order valence-electron chi connectivity index (χ4n) is 2.11. The summed E-state index contributed by atoms with van der Waals surface area (Å²) in [6.07, 6.45) is 0. The molecule has 1 heterocycles. The highest BCUT2D eigenvalue weighted by molar-refractivity contribution is 5.37. The number of nitrogens with one attached hydrogen (secondary N) is 1. The number of aryl methyl sites for hydroxylation is 3. The molecule has 2 rings (SSSR count). The van der Waals surface area contributed by atoms with Gasteiger partial charge >= 0.3 is 0 Å². The van der Waals surface area contributed by atoms with Crippen LogP contribution in [0, 0.1) is 19.7 Å². The van der Waals surface area contributed by atoms with Crippen molar-refractivity contribution in [1.82, 2.24) is 15.1 Å². The number of nitrogens with zero attached hydrogens (tertiary/aromatic N) is 2. The Morgan fingerprint density at radius 1 is 1.33 bits per heavy atom. The number of hydrogen-bond donors (Lipinski definition) is 1. The zero-order valence-electron chi connectivity index (χ0n) is 13.2. The Bertz CT molecular complexity index is 635. The summed E-state index contributed by atoms with van der Waals surface area (Å²) < 4.78 is 21.0. The van der Waals surface area contributed by atoms with E-state index in [9.17, 15) is 4.39 Å². The van der Waals surface area contributed by atoms with Crippen molar-refractivity contribution >= 4 is 0 Å². The van der Waals surface area contributed by atoms with Gasteiger partial charge < -0.3 is 10.1 Å².